The summed E-state index contributed by atoms with van der Waals surface area (Å²) in [5.74, 6) is -0.600. The SMILES string of the molecule is COC(=O)c1nc(C(F)F)cc(OC)c1I. The summed E-state index contributed by atoms with van der Waals surface area (Å²) in [4.78, 5) is 14.8. The average Bonchev–Trinajstić information content (AvgIpc) is 2.28. The molecule has 0 spiro atoms. The largest absolute Gasteiger partial charge is 0.495 e. The highest BCUT2D eigenvalue weighted by Gasteiger charge is 2.21. The second-order valence-electron chi connectivity index (χ2n) is 2.70. The van der Waals surface area contributed by atoms with Gasteiger partial charge in [0.1, 0.15) is 11.4 Å². The van der Waals surface area contributed by atoms with Crippen molar-refractivity contribution in [3.05, 3.63) is 21.0 Å². The number of aromatic nitrogens is 1. The molecule has 1 aromatic rings. The van der Waals surface area contributed by atoms with E-state index in [0.29, 0.717) is 3.57 Å². The van der Waals surface area contributed by atoms with E-state index in [-0.39, 0.29) is 11.4 Å². The molecule has 0 aliphatic carbocycles. The maximum absolute atomic E-state index is 12.5. The van der Waals surface area contributed by atoms with Crippen LogP contribution >= 0.6 is 22.6 Å². The van der Waals surface area contributed by atoms with Crippen molar-refractivity contribution in [3.63, 3.8) is 0 Å². The molecule has 16 heavy (non-hydrogen) atoms. The van der Waals surface area contributed by atoms with Gasteiger partial charge in [-0.1, -0.05) is 0 Å². The highest BCUT2D eigenvalue weighted by atomic mass is 127. The Morgan fingerprint density at radius 1 is 1.50 bits per heavy atom. The predicted octanol–water partition coefficient (Wildman–Crippen LogP) is 2.42. The Hall–Kier alpha value is -0.990. The van der Waals surface area contributed by atoms with Gasteiger partial charge in [-0.3, -0.25) is 0 Å². The fraction of sp³-hybridized carbons (Fsp3) is 0.333. The average molecular weight is 343 g/mol. The summed E-state index contributed by atoms with van der Waals surface area (Å²) in [7, 11) is 2.48. The number of pyridine rings is 1. The molecular formula is C9H8F2INO3. The van der Waals surface area contributed by atoms with Gasteiger partial charge in [0.15, 0.2) is 5.69 Å². The number of hydrogen-bond donors (Lipinski definition) is 0. The second-order valence-corrected chi connectivity index (χ2v) is 3.78. The molecule has 0 aliphatic rings. The minimum Gasteiger partial charge on any atom is -0.495 e. The third-order valence-electron chi connectivity index (χ3n) is 1.77. The number of nitrogens with zero attached hydrogens (tertiary/aromatic N) is 1. The van der Waals surface area contributed by atoms with Crippen molar-refractivity contribution in [1.29, 1.82) is 0 Å². The van der Waals surface area contributed by atoms with Crippen molar-refractivity contribution in [1.82, 2.24) is 4.98 Å². The molecule has 0 amide bonds. The molecule has 0 N–H and O–H groups in total. The molecule has 0 fully saturated rings. The zero-order valence-electron chi connectivity index (χ0n) is 8.46. The van der Waals surface area contributed by atoms with Crippen LogP contribution in [0.1, 0.15) is 22.6 Å². The standard InChI is InChI=1S/C9H8F2INO3/c1-15-5-3-4(8(10)11)13-7(6(5)12)9(14)16-2/h3,8H,1-2H3. The van der Waals surface area contributed by atoms with Gasteiger partial charge in [-0.15, -0.1) is 0 Å². The lowest BCUT2D eigenvalue weighted by Crippen LogP contribution is -2.10. The molecule has 0 bridgehead atoms. The number of esters is 1. The Labute approximate surface area is 104 Å². The molecule has 0 aliphatic heterocycles. The van der Waals surface area contributed by atoms with Gasteiger partial charge in [0.2, 0.25) is 0 Å². The molecule has 1 heterocycles. The fourth-order valence-electron chi connectivity index (χ4n) is 1.02. The summed E-state index contributed by atoms with van der Waals surface area (Å²) in [6.45, 7) is 0. The van der Waals surface area contributed by atoms with E-state index in [1.807, 2.05) is 0 Å². The van der Waals surface area contributed by atoms with Gasteiger partial charge in [0, 0.05) is 6.07 Å². The number of methoxy groups -OCH3 is 2. The third kappa shape index (κ3) is 2.57. The highest BCUT2D eigenvalue weighted by Crippen LogP contribution is 2.28. The molecular weight excluding hydrogens is 335 g/mol. The van der Waals surface area contributed by atoms with E-state index >= 15 is 0 Å². The molecule has 0 unspecified atom stereocenters. The lowest BCUT2D eigenvalue weighted by Gasteiger charge is -2.09. The van der Waals surface area contributed by atoms with Crippen molar-refractivity contribution in [2.24, 2.45) is 0 Å². The van der Waals surface area contributed by atoms with Crippen LogP contribution in [-0.2, 0) is 4.74 Å². The Kier molecular flexibility index (Phi) is 4.39. The van der Waals surface area contributed by atoms with E-state index in [1.54, 1.807) is 22.6 Å². The summed E-state index contributed by atoms with van der Waals surface area (Å²) in [5, 5.41) is 0. The number of carbonyl (C=O) groups is 1. The smallest absolute Gasteiger partial charge is 0.357 e. The lowest BCUT2D eigenvalue weighted by atomic mass is 10.3. The molecule has 0 saturated heterocycles. The third-order valence-corrected chi connectivity index (χ3v) is 2.81. The van der Waals surface area contributed by atoms with Crippen LogP contribution < -0.4 is 4.74 Å². The molecule has 1 rings (SSSR count). The molecule has 0 aromatic carbocycles. The molecule has 7 heteroatoms. The minimum atomic E-state index is -2.77. The summed E-state index contributed by atoms with van der Waals surface area (Å²) >= 11 is 1.79. The van der Waals surface area contributed by atoms with Crippen molar-refractivity contribution in [2.45, 2.75) is 6.43 Å². The Balaban J connectivity index is 3.35. The zero-order chi connectivity index (χ0) is 12.3. The summed E-state index contributed by atoms with van der Waals surface area (Å²) in [6.07, 6.45) is -2.77. The first-order chi connectivity index (χ1) is 7.51. The normalized spacial score (nSPS) is 10.4. The van der Waals surface area contributed by atoms with Gasteiger partial charge in [-0.2, -0.15) is 0 Å². The van der Waals surface area contributed by atoms with Crippen LogP contribution in [0.15, 0.2) is 6.07 Å². The van der Waals surface area contributed by atoms with Crippen molar-refractivity contribution >= 4 is 28.6 Å². The topological polar surface area (TPSA) is 48.4 Å². The Bertz CT molecular complexity index is 412. The van der Waals surface area contributed by atoms with E-state index in [2.05, 4.69) is 9.72 Å². The van der Waals surface area contributed by atoms with Crippen LogP contribution in [0.25, 0.3) is 0 Å². The zero-order valence-corrected chi connectivity index (χ0v) is 10.6. The summed E-state index contributed by atoms with van der Waals surface area (Å²) < 4.78 is 34.7. The number of rotatable bonds is 3. The first-order valence-corrected chi connectivity index (χ1v) is 5.20. The van der Waals surface area contributed by atoms with Gasteiger partial charge in [-0.05, 0) is 22.6 Å². The van der Waals surface area contributed by atoms with E-state index in [1.165, 1.54) is 7.11 Å². The summed E-state index contributed by atoms with van der Waals surface area (Å²) in [5.41, 5.74) is -0.685. The monoisotopic (exact) mass is 343 g/mol. The number of halogens is 3. The van der Waals surface area contributed by atoms with Crippen LogP contribution in [0.4, 0.5) is 8.78 Å². The first kappa shape index (κ1) is 13.1. The van der Waals surface area contributed by atoms with Gasteiger partial charge in [0.05, 0.1) is 17.8 Å². The van der Waals surface area contributed by atoms with Crippen LogP contribution in [0, 0.1) is 3.57 Å². The highest BCUT2D eigenvalue weighted by molar-refractivity contribution is 14.1. The van der Waals surface area contributed by atoms with Gasteiger partial charge >= 0.3 is 5.97 Å². The van der Waals surface area contributed by atoms with E-state index in [0.717, 1.165) is 13.2 Å². The molecule has 0 radical (unpaired) electrons. The van der Waals surface area contributed by atoms with Crippen molar-refractivity contribution < 1.29 is 23.0 Å². The molecule has 1 aromatic heterocycles. The maximum Gasteiger partial charge on any atom is 0.357 e. The number of hydrogen-bond acceptors (Lipinski definition) is 4. The number of alkyl halides is 2. The number of carbonyl (C=O) groups excluding carboxylic acids is 1. The van der Waals surface area contributed by atoms with Crippen LogP contribution in [0.5, 0.6) is 5.75 Å². The number of ether oxygens (including phenoxy) is 2. The van der Waals surface area contributed by atoms with E-state index in [9.17, 15) is 13.6 Å². The van der Waals surface area contributed by atoms with Crippen molar-refractivity contribution in [3.8, 4) is 5.75 Å². The van der Waals surface area contributed by atoms with E-state index in [4.69, 9.17) is 4.74 Å². The molecule has 0 saturated carbocycles. The maximum atomic E-state index is 12.5. The summed E-state index contributed by atoms with van der Waals surface area (Å²) in [6, 6.07) is 1.10. The predicted molar refractivity (Wildman–Crippen MR) is 59.8 cm³/mol. The van der Waals surface area contributed by atoms with E-state index < -0.39 is 18.1 Å². The van der Waals surface area contributed by atoms with Crippen molar-refractivity contribution in [2.75, 3.05) is 14.2 Å². The van der Waals surface area contributed by atoms with Gasteiger partial charge < -0.3 is 9.47 Å². The molecule has 88 valence electrons. The van der Waals surface area contributed by atoms with Crippen LogP contribution in [0.3, 0.4) is 0 Å². The molecule has 0 atom stereocenters. The van der Waals surface area contributed by atoms with Crippen LogP contribution in [-0.4, -0.2) is 25.2 Å². The van der Waals surface area contributed by atoms with Gasteiger partial charge in [0.25, 0.3) is 6.43 Å². The molecule has 4 nitrogen and oxygen atoms in total. The first-order valence-electron chi connectivity index (χ1n) is 4.12. The van der Waals surface area contributed by atoms with Crippen LogP contribution in [0.2, 0.25) is 0 Å². The second kappa shape index (κ2) is 5.37. The lowest BCUT2D eigenvalue weighted by molar-refractivity contribution is 0.0590. The quantitative estimate of drug-likeness (QED) is 0.625. The van der Waals surface area contributed by atoms with Gasteiger partial charge in [-0.25, -0.2) is 18.6 Å². The fourth-order valence-corrected chi connectivity index (χ4v) is 1.73. The Morgan fingerprint density at radius 3 is 2.56 bits per heavy atom. The minimum absolute atomic E-state index is 0.169. The Morgan fingerprint density at radius 2 is 2.12 bits per heavy atom.